The molecule has 0 aliphatic carbocycles. The minimum Gasteiger partial charge on any atom is -0.506 e. The molecule has 31 heavy (non-hydrogen) atoms. The summed E-state index contributed by atoms with van der Waals surface area (Å²) in [5, 5.41) is 14.4. The summed E-state index contributed by atoms with van der Waals surface area (Å²) in [6, 6.07) is 22.5. The Bertz CT molecular complexity index is 1240. The molecule has 1 fully saturated rings. The van der Waals surface area contributed by atoms with Crippen molar-refractivity contribution in [2.24, 2.45) is 0 Å². The molecule has 1 aliphatic heterocycles. The van der Waals surface area contributed by atoms with Crippen LogP contribution in [0.1, 0.15) is 23.5 Å². The molecule has 5 nitrogen and oxygen atoms in total. The average molecular weight is 431 g/mol. The maximum Gasteiger partial charge on any atom is 0.174 e. The predicted molar refractivity (Wildman–Crippen MR) is 122 cm³/mol. The number of halogens is 1. The number of anilines is 1. The van der Waals surface area contributed by atoms with E-state index in [2.05, 4.69) is 10.3 Å². The maximum absolute atomic E-state index is 14.7. The topological polar surface area (TPSA) is 53.3 Å². The van der Waals surface area contributed by atoms with Crippen LogP contribution in [0.3, 0.4) is 0 Å². The molecule has 154 valence electrons. The number of aromatic nitrogens is 2. The molecule has 5 rings (SSSR count). The lowest BCUT2D eigenvalue weighted by Crippen LogP contribution is -2.30. The van der Waals surface area contributed by atoms with E-state index in [0.29, 0.717) is 16.5 Å². The van der Waals surface area contributed by atoms with Gasteiger partial charge in [-0.2, -0.15) is 0 Å². The van der Waals surface area contributed by atoms with Crippen LogP contribution in [-0.4, -0.2) is 19.8 Å². The number of aromatic hydroxyl groups is 1. The zero-order valence-corrected chi connectivity index (χ0v) is 17.2. The van der Waals surface area contributed by atoms with E-state index in [4.69, 9.17) is 12.2 Å². The lowest BCUT2D eigenvalue weighted by Gasteiger charge is -2.29. The predicted octanol–water partition coefficient (Wildman–Crippen LogP) is 4.89. The van der Waals surface area contributed by atoms with Gasteiger partial charge in [0.15, 0.2) is 5.11 Å². The van der Waals surface area contributed by atoms with Gasteiger partial charge in [0.1, 0.15) is 17.6 Å². The highest BCUT2D eigenvalue weighted by Crippen LogP contribution is 2.44. The fourth-order valence-corrected chi connectivity index (χ4v) is 4.42. The number of hydrogen-bond donors (Lipinski definition) is 2. The van der Waals surface area contributed by atoms with Crippen LogP contribution in [0.2, 0.25) is 0 Å². The highest BCUT2D eigenvalue weighted by atomic mass is 32.1. The van der Waals surface area contributed by atoms with E-state index >= 15 is 0 Å². The Morgan fingerprint density at radius 1 is 0.903 bits per heavy atom. The number of thiocarbonyl (C=S) groups is 1. The lowest BCUT2D eigenvalue weighted by atomic mass is 10.0. The average Bonchev–Trinajstić information content (AvgIpc) is 3.39. The van der Waals surface area contributed by atoms with Crippen molar-refractivity contribution in [3.8, 4) is 11.4 Å². The minimum absolute atomic E-state index is 0.113. The molecule has 3 heterocycles. The first-order valence-electron chi connectivity index (χ1n) is 9.86. The van der Waals surface area contributed by atoms with Crippen LogP contribution in [0.5, 0.6) is 5.75 Å². The Morgan fingerprint density at radius 3 is 2.39 bits per heavy atom. The number of rotatable bonds is 4. The van der Waals surface area contributed by atoms with E-state index in [0.717, 1.165) is 11.4 Å². The first kappa shape index (κ1) is 19.3. The second kappa shape index (κ2) is 7.85. The van der Waals surface area contributed by atoms with Gasteiger partial charge >= 0.3 is 0 Å². The van der Waals surface area contributed by atoms with Crippen molar-refractivity contribution < 1.29 is 9.50 Å². The van der Waals surface area contributed by atoms with Gasteiger partial charge in [-0.3, -0.25) is 4.98 Å². The second-order valence-electron chi connectivity index (χ2n) is 7.24. The van der Waals surface area contributed by atoms with Crippen LogP contribution in [-0.2, 0) is 0 Å². The molecule has 0 saturated carbocycles. The summed E-state index contributed by atoms with van der Waals surface area (Å²) in [5.41, 5.74) is 2.63. The minimum atomic E-state index is -0.370. The van der Waals surface area contributed by atoms with Crippen LogP contribution < -0.4 is 10.2 Å². The van der Waals surface area contributed by atoms with Crippen LogP contribution in [0.25, 0.3) is 5.69 Å². The zero-order chi connectivity index (χ0) is 21.4. The Kier molecular flexibility index (Phi) is 4.88. The number of phenols is 1. The van der Waals surface area contributed by atoms with Gasteiger partial charge in [0.2, 0.25) is 0 Å². The standard InChI is InChI=1S/C24H19FN4OS/c25-16-8-1-2-10-18(16)28-15-7-12-20(28)23-22(17-9-5-6-14-26-17)27-24(31)29(23)19-11-3-4-13-21(19)30/h1-15,22-23,30H,(H,27,31)/t22-,23-/m0/s1. The summed E-state index contributed by atoms with van der Waals surface area (Å²) in [7, 11) is 0. The molecule has 2 N–H and O–H groups in total. The summed E-state index contributed by atoms with van der Waals surface area (Å²) in [4.78, 5) is 6.40. The van der Waals surface area contributed by atoms with Gasteiger partial charge in [0.05, 0.1) is 23.1 Å². The van der Waals surface area contributed by atoms with Gasteiger partial charge in [-0.15, -0.1) is 0 Å². The fraction of sp³-hybridized carbons (Fsp3) is 0.0833. The van der Waals surface area contributed by atoms with Gasteiger partial charge in [-0.05, 0) is 60.7 Å². The van der Waals surface area contributed by atoms with E-state index in [1.807, 2.05) is 58.1 Å². The lowest BCUT2D eigenvalue weighted by molar-refractivity contribution is 0.471. The third kappa shape index (κ3) is 3.33. The molecule has 4 aromatic rings. The van der Waals surface area contributed by atoms with Crippen LogP contribution in [0, 0.1) is 5.82 Å². The van der Waals surface area contributed by atoms with E-state index in [-0.39, 0.29) is 23.7 Å². The number of phenolic OH excluding ortho intramolecular Hbond substituents is 1. The molecule has 0 bridgehead atoms. The molecule has 0 radical (unpaired) electrons. The van der Waals surface area contributed by atoms with Crippen LogP contribution in [0.15, 0.2) is 91.3 Å². The number of hydrogen-bond acceptors (Lipinski definition) is 3. The normalized spacial score (nSPS) is 18.2. The first-order chi connectivity index (χ1) is 15.1. The molecule has 2 aromatic carbocycles. The summed E-state index contributed by atoms with van der Waals surface area (Å²) < 4.78 is 16.5. The molecule has 0 spiro atoms. The fourth-order valence-electron chi connectivity index (χ4n) is 4.08. The largest absolute Gasteiger partial charge is 0.506 e. The number of nitrogens with zero attached hydrogens (tertiary/aromatic N) is 3. The van der Waals surface area contributed by atoms with Crippen LogP contribution in [0.4, 0.5) is 10.1 Å². The molecule has 2 atom stereocenters. The van der Waals surface area contributed by atoms with Gasteiger partial charge in [0, 0.05) is 18.1 Å². The summed E-state index contributed by atoms with van der Waals surface area (Å²) in [6.45, 7) is 0. The Morgan fingerprint density at radius 2 is 1.65 bits per heavy atom. The van der Waals surface area contributed by atoms with Crippen LogP contribution >= 0.6 is 12.2 Å². The Hall–Kier alpha value is -3.71. The van der Waals surface area contributed by atoms with Gasteiger partial charge in [-0.1, -0.05) is 30.3 Å². The molecule has 0 unspecified atom stereocenters. The molecule has 0 amide bonds. The van der Waals surface area contributed by atoms with Gasteiger partial charge < -0.3 is 19.9 Å². The first-order valence-corrected chi connectivity index (χ1v) is 10.3. The monoisotopic (exact) mass is 430 g/mol. The number of nitrogens with one attached hydrogen (secondary N) is 1. The van der Waals surface area contributed by atoms with Crippen molar-refractivity contribution in [3.05, 3.63) is 108 Å². The van der Waals surface area contributed by atoms with Crippen molar-refractivity contribution in [2.45, 2.75) is 12.1 Å². The van der Waals surface area contributed by atoms with E-state index in [1.165, 1.54) is 6.07 Å². The second-order valence-corrected chi connectivity index (χ2v) is 7.63. The molecule has 1 aliphatic rings. The molecular formula is C24H19FN4OS. The van der Waals surface area contributed by atoms with Crippen molar-refractivity contribution >= 4 is 23.0 Å². The Labute approximate surface area is 184 Å². The van der Waals surface area contributed by atoms with Crippen molar-refractivity contribution in [1.82, 2.24) is 14.9 Å². The molecular weight excluding hydrogens is 411 g/mol. The number of para-hydroxylation sites is 3. The quantitative estimate of drug-likeness (QED) is 0.452. The van der Waals surface area contributed by atoms with E-state index in [9.17, 15) is 9.50 Å². The van der Waals surface area contributed by atoms with E-state index < -0.39 is 0 Å². The molecule has 2 aromatic heterocycles. The third-order valence-electron chi connectivity index (χ3n) is 5.43. The molecule has 7 heteroatoms. The number of benzene rings is 2. The Balaban J connectivity index is 1.71. The zero-order valence-electron chi connectivity index (χ0n) is 16.4. The summed E-state index contributed by atoms with van der Waals surface area (Å²) in [6.07, 6.45) is 3.56. The third-order valence-corrected chi connectivity index (χ3v) is 5.75. The number of pyridine rings is 1. The van der Waals surface area contributed by atoms with Crippen molar-refractivity contribution in [2.75, 3.05) is 4.90 Å². The smallest absolute Gasteiger partial charge is 0.174 e. The summed E-state index contributed by atoms with van der Waals surface area (Å²) >= 11 is 5.69. The van der Waals surface area contributed by atoms with Gasteiger partial charge in [-0.25, -0.2) is 4.39 Å². The van der Waals surface area contributed by atoms with Crippen molar-refractivity contribution in [3.63, 3.8) is 0 Å². The van der Waals surface area contributed by atoms with E-state index in [1.54, 1.807) is 36.5 Å². The highest BCUT2D eigenvalue weighted by Gasteiger charge is 2.43. The summed E-state index contributed by atoms with van der Waals surface area (Å²) in [5.74, 6) is -0.209. The van der Waals surface area contributed by atoms with Crippen molar-refractivity contribution in [1.29, 1.82) is 0 Å². The highest BCUT2D eigenvalue weighted by molar-refractivity contribution is 7.80. The molecule has 1 saturated heterocycles. The maximum atomic E-state index is 14.7. The SMILES string of the molecule is Oc1ccccc1N1C(=S)N[C@@H](c2ccccn2)[C@@H]1c1cccn1-c1ccccc1F. The van der Waals surface area contributed by atoms with Gasteiger partial charge in [0.25, 0.3) is 0 Å².